The number of hydrogen-bond acceptors (Lipinski definition) is 4. The van der Waals surface area contributed by atoms with E-state index in [4.69, 9.17) is 9.97 Å². The maximum atomic E-state index is 4.83. The Bertz CT molecular complexity index is 810. The molecular formula is C23H34N4. The smallest absolute Gasteiger partial charge is 0.162 e. The van der Waals surface area contributed by atoms with E-state index in [1.807, 2.05) is 65.8 Å². The van der Waals surface area contributed by atoms with E-state index in [-0.39, 0.29) is 0 Å². The molecule has 0 saturated carbocycles. The van der Waals surface area contributed by atoms with Crippen LogP contribution in [0.15, 0.2) is 48.5 Å². The van der Waals surface area contributed by atoms with Crippen molar-refractivity contribution in [2.24, 2.45) is 0 Å². The quantitative estimate of drug-likeness (QED) is 0.603. The third-order valence-electron chi connectivity index (χ3n) is 3.87. The van der Waals surface area contributed by atoms with Crippen LogP contribution in [0.3, 0.4) is 0 Å². The van der Waals surface area contributed by atoms with Gasteiger partial charge < -0.3 is 4.90 Å². The van der Waals surface area contributed by atoms with Crippen LogP contribution in [-0.2, 0) is 0 Å². The predicted octanol–water partition coefficient (Wildman–Crippen LogP) is 6.01. The number of hydrogen-bond donors (Lipinski definition) is 1. The van der Waals surface area contributed by atoms with E-state index >= 15 is 0 Å². The highest BCUT2D eigenvalue weighted by atomic mass is 15.4. The van der Waals surface area contributed by atoms with Crippen molar-refractivity contribution < 1.29 is 0 Å². The molecule has 0 spiro atoms. The van der Waals surface area contributed by atoms with Gasteiger partial charge in [-0.2, -0.15) is 0 Å². The van der Waals surface area contributed by atoms with Crippen LogP contribution in [0.25, 0.3) is 22.3 Å². The number of rotatable bonds is 2. The maximum Gasteiger partial charge on any atom is 0.162 e. The lowest BCUT2D eigenvalue weighted by Gasteiger charge is -2.34. The van der Waals surface area contributed by atoms with Crippen LogP contribution < -0.4 is 10.2 Å². The van der Waals surface area contributed by atoms with Gasteiger partial charge >= 0.3 is 0 Å². The van der Waals surface area contributed by atoms with Gasteiger partial charge in [-0.1, -0.05) is 77.9 Å². The summed E-state index contributed by atoms with van der Waals surface area (Å²) in [6.07, 6.45) is 0. The molecule has 2 heterocycles. The molecule has 3 aromatic rings. The van der Waals surface area contributed by atoms with Crippen molar-refractivity contribution >= 4 is 16.7 Å². The Hall–Kier alpha value is -2.46. The number of aromatic nitrogens is 2. The number of nitrogens with one attached hydrogen (secondary N) is 1. The summed E-state index contributed by atoms with van der Waals surface area (Å²) in [7, 11) is 0. The molecule has 146 valence electrons. The van der Waals surface area contributed by atoms with Gasteiger partial charge in [0.25, 0.3) is 0 Å². The van der Waals surface area contributed by atoms with Crippen molar-refractivity contribution in [3.8, 4) is 11.4 Å². The summed E-state index contributed by atoms with van der Waals surface area (Å²) in [4.78, 5) is 11.8. The number of nitrogens with zero attached hydrogens (tertiary/aromatic N) is 3. The third-order valence-corrected chi connectivity index (χ3v) is 3.87. The summed E-state index contributed by atoms with van der Waals surface area (Å²) < 4.78 is 0. The van der Waals surface area contributed by atoms with E-state index in [0.29, 0.717) is 0 Å². The molecule has 1 aliphatic heterocycles. The first-order chi connectivity index (χ1) is 13.3. The van der Waals surface area contributed by atoms with Gasteiger partial charge in [-0.15, -0.1) is 0 Å². The minimum atomic E-state index is 0.800. The molecule has 0 atom stereocenters. The molecule has 2 aromatic carbocycles. The second kappa shape index (κ2) is 12.0. The Balaban J connectivity index is 0.000000556. The minimum absolute atomic E-state index is 0.800. The van der Waals surface area contributed by atoms with Crippen LogP contribution in [0.4, 0.5) is 5.82 Å². The van der Waals surface area contributed by atoms with E-state index in [9.17, 15) is 0 Å². The molecule has 0 radical (unpaired) electrons. The molecule has 4 nitrogen and oxygen atoms in total. The van der Waals surface area contributed by atoms with Crippen LogP contribution in [-0.4, -0.2) is 23.3 Å². The Morgan fingerprint density at radius 2 is 1.37 bits per heavy atom. The Kier molecular flexibility index (Phi) is 10.1. The maximum absolute atomic E-state index is 4.83. The van der Waals surface area contributed by atoms with Gasteiger partial charge in [0, 0.05) is 10.9 Å². The zero-order valence-corrected chi connectivity index (χ0v) is 17.9. The average molecular weight is 367 g/mol. The first-order valence-electron chi connectivity index (χ1n) is 10.1. The summed E-state index contributed by atoms with van der Waals surface area (Å²) >= 11 is 0. The molecule has 0 aliphatic carbocycles. The molecule has 1 N–H and O–H groups in total. The Morgan fingerprint density at radius 1 is 0.778 bits per heavy atom. The molecule has 1 aromatic heterocycles. The van der Waals surface area contributed by atoms with Crippen LogP contribution in [0.5, 0.6) is 0 Å². The van der Waals surface area contributed by atoms with Gasteiger partial charge in [0.1, 0.15) is 5.82 Å². The molecule has 4 heteroatoms. The van der Waals surface area contributed by atoms with Crippen molar-refractivity contribution in [2.45, 2.75) is 48.5 Å². The lowest BCUT2D eigenvalue weighted by atomic mass is 10.1. The topological polar surface area (TPSA) is 41.1 Å². The molecule has 1 saturated heterocycles. The minimum Gasteiger partial charge on any atom is -0.330 e. The van der Waals surface area contributed by atoms with Crippen LogP contribution in [0, 0.1) is 6.92 Å². The average Bonchev–Trinajstić information content (AvgIpc) is 2.71. The molecule has 27 heavy (non-hydrogen) atoms. The van der Waals surface area contributed by atoms with Gasteiger partial charge in [-0.05, 0) is 24.6 Å². The van der Waals surface area contributed by atoms with Gasteiger partial charge in [0.05, 0.1) is 18.9 Å². The highest BCUT2D eigenvalue weighted by molar-refractivity contribution is 5.91. The van der Waals surface area contributed by atoms with Crippen LogP contribution >= 0.6 is 0 Å². The van der Waals surface area contributed by atoms with Crippen molar-refractivity contribution in [1.29, 1.82) is 0 Å². The molecule has 1 fully saturated rings. The number of benzene rings is 2. The first-order valence-corrected chi connectivity index (χ1v) is 10.1. The third kappa shape index (κ3) is 5.27. The zero-order chi connectivity index (χ0) is 20.2. The van der Waals surface area contributed by atoms with Gasteiger partial charge in [-0.25, -0.2) is 9.97 Å². The summed E-state index contributed by atoms with van der Waals surface area (Å²) in [6.45, 7) is 15.8. The lowest BCUT2D eigenvalue weighted by molar-refractivity contribution is 0.520. The molecule has 4 rings (SSSR count). The summed E-state index contributed by atoms with van der Waals surface area (Å²) in [5, 5.41) is 4.37. The van der Waals surface area contributed by atoms with E-state index in [1.165, 1.54) is 5.56 Å². The van der Waals surface area contributed by atoms with Crippen molar-refractivity contribution in [1.82, 2.24) is 15.3 Å². The number of anilines is 1. The first kappa shape index (κ1) is 22.6. The van der Waals surface area contributed by atoms with Crippen LogP contribution in [0.2, 0.25) is 0 Å². The number of fused-ring (bicyclic) bond motifs is 1. The molecule has 0 amide bonds. The summed E-state index contributed by atoms with van der Waals surface area (Å²) in [6, 6.07) is 16.5. The van der Waals surface area contributed by atoms with Crippen LogP contribution in [0.1, 0.15) is 47.1 Å². The largest absolute Gasteiger partial charge is 0.330 e. The van der Waals surface area contributed by atoms with E-state index in [1.54, 1.807) is 0 Å². The van der Waals surface area contributed by atoms with Gasteiger partial charge in [0.15, 0.2) is 5.82 Å². The highest BCUT2D eigenvalue weighted by Crippen LogP contribution is 2.29. The standard InChI is InChI=1S/C17H16N4.3C2H6/c1-12-6-2-3-7-13(12)16-19-15-9-5-4-8-14(15)17(20-16)21-10-18-11-21;3*1-2/h2-9,18H,10-11H2,1H3;3*1-2H3. The second-order valence-corrected chi connectivity index (χ2v) is 5.31. The van der Waals surface area contributed by atoms with Crippen molar-refractivity contribution in [3.05, 3.63) is 54.1 Å². The predicted molar refractivity (Wildman–Crippen MR) is 119 cm³/mol. The van der Waals surface area contributed by atoms with E-state index in [2.05, 4.69) is 41.4 Å². The Morgan fingerprint density at radius 3 is 1.96 bits per heavy atom. The SMILES string of the molecule is CC.CC.CC.Cc1ccccc1-c1nc(N2CNC2)c2ccccc2n1. The molecule has 0 bridgehead atoms. The number of aryl methyl sites for hydroxylation is 1. The summed E-state index contributed by atoms with van der Waals surface area (Å²) in [5.41, 5.74) is 3.28. The number of para-hydroxylation sites is 1. The molecular weight excluding hydrogens is 332 g/mol. The zero-order valence-electron chi connectivity index (χ0n) is 17.9. The lowest BCUT2D eigenvalue weighted by Crippen LogP contribution is -2.52. The second-order valence-electron chi connectivity index (χ2n) is 5.31. The summed E-state index contributed by atoms with van der Waals surface area (Å²) in [5.74, 6) is 1.81. The van der Waals surface area contributed by atoms with Gasteiger partial charge in [-0.3, -0.25) is 5.32 Å². The van der Waals surface area contributed by atoms with Crippen molar-refractivity contribution in [3.63, 3.8) is 0 Å². The fraction of sp³-hybridized carbons (Fsp3) is 0.391. The normalized spacial score (nSPS) is 11.7. The van der Waals surface area contributed by atoms with Crippen molar-refractivity contribution in [2.75, 3.05) is 18.2 Å². The highest BCUT2D eigenvalue weighted by Gasteiger charge is 2.19. The van der Waals surface area contributed by atoms with E-state index < -0.39 is 0 Å². The van der Waals surface area contributed by atoms with Gasteiger partial charge in [0.2, 0.25) is 0 Å². The fourth-order valence-corrected chi connectivity index (χ4v) is 2.62. The fourth-order valence-electron chi connectivity index (χ4n) is 2.62. The van der Waals surface area contributed by atoms with E-state index in [0.717, 1.165) is 41.4 Å². The molecule has 0 unspecified atom stereocenters. The monoisotopic (exact) mass is 366 g/mol. The Labute approximate surface area is 164 Å². The molecule has 1 aliphatic rings.